The molecule has 2 heterocycles. The smallest absolute Gasteiger partial charge is 0.372 e. The summed E-state index contributed by atoms with van der Waals surface area (Å²) in [6.07, 6.45) is 1.29. The first kappa shape index (κ1) is 13.5. The standard InChI is InChI=1S/C11H17N5O3/c1-7-4-15(5-8(2)14-7)10-9(16(17)18)11(19-3)13-6-12-10/h6-8,14H,4-5H2,1-3H3. The average Bonchev–Trinajstić information content (AvgIpc) is 2.36. The van der Waals surface area contributed by atoms with Crippen LogP contribution < -0.4 is 15.0 Å². The van der Waals surface area contributed by atoms with Crippen molar-refractivity contribution in [2.75, 3.05) is 25.1 Å². The van der Waals surface area contributed by atoms with E-state index in [2.05, 4.69) is 15.3 Å². The molecule has 0 spiro atoms. The van der Waals surface area contributed by atoms with E-state index in [-0.39, 0.29) is 23.7 Å². The molecule has 1 saturated heterocycles. The summed E-state index contributed by atoms with van der Waals surface area (Å²) in [5.41, 5.74) is -0.175. The van der Waals surface area contributed by atoms with E-state index in [0.29, 0.717) is 18.9 Å². The molecule has 0 bridgehead atoms. The Kier molecular flexibility index (Phi) is 3.79. The summed E-state index contributed by atoms with van der Waals surface area (Å²) in [6.45, 7) is 5.39. The van der Waals surface area contributed by atoms with Crippen LogP contribution in [0.4, 0.5) is 11.5 Å². The summed E-state index contributed by atoms with van der Waals surface area (Å²) < 4.78 is 4.96. The van der Waals surface area contributed by atoms with E-state index in [1.165, 1.54) is 13.4 Å². The fourth-order valence-electron chi connectivity index (χ4n) is 2.39. The lowest BCUT2D eigenvalue weighted by Crippen LogP contribution is -2.54. The van der Waals surface area contributed by atoms with Gasteiger partial charge in [-0.3, -0.25) is 10.1 Å². The van der Waals surface area contributed by atoms with Gasteiger partial charge >= 0.3 is 5.69 Å². The van der Waals surface area contributed by atoms with E-state index >= 15 is 0 Å². The molecule has 2 atom stereocenters. The minimum atomic E-state index is -0.495. The zero-order chi connectivity index (χ0) is 14.0. The molecule has 1 aromatic rings. The van der Waals surface area contributed by atoms with Crippen molar-refractivity contribution in [1.29, 1.82) is 0 Å². The molecule has 0 aliphatic carbocycles. The van der Waals surface area contributed by atoms with Crippen LogP contribution in [0.2, 0.25) is 0 Å². The zero-order valence-electron chi connectivity index (χ0n) is 11.2. The number of nitrogens with zero attached hydrogens (tertiary/aromatic N) is 4. The Morgan fingerprint density at radius 2 is 2.05 bits per heavy atom. The lowest BCUT2D eigenvalue weighted by atomic mass is 10.1. The quantitative estimate of drug-likeness (QED) is 0.632. The Morgan fingerprint density at radius 3 is 2.58 bits per heavy atom. The lowest BCUT2D eigenvalue weighted by Gasteiger charge is -2.36. The number of hydrogen-bond acceptors (Lipinski definition) is 7. The molecule has 2 unspecified atom stereocenters. The Morgan fingerprint density at radius 1 is 1.42 bits per heavy atom. The summed E-state index contributed by atoms with van der Waals surface area (Å²) in [4.78, 5) is 20.5. The number of anilines is 1. The van der Waals surface area contributed by atoms with Crippen LogP contribution in [0.1, 0.15) is 13.8 Å². The van der Waals surface area contributed by atoms with Crippen LogP contribution >= 0.6 is 0 Å². The molecule has 104 valence electrons. The van der Waals surface area contributed by atoms with Gasteiger partial charge in [0.15, 0.2) is 0 Å². The van der Waals surface area contributed by atoms with Crippen LogP contribution in [0.15, 0.2) is 6.33 Å². The van der Waals surface area contributed by atoms with Gasteiger partial charge in [-0.2, -0.15) is 4.98 Å². The predicted octanol–water partition coefficient (Wildman–Crippen LogP) is 0.580. The van der Waals surface area contributed by atoms with Gasteiger partial charge in [-0.05, 0) is 13.8 Å². The second-order valence-electron chi connectivity index (χ2n) is 4.69. The zero-order valence-corrected chi connectivity index (χ0v) is 11.2. The van der Waals surface area contributed by atoms with Gasteiger partial charge in [0.1, 0.15) is 6.33 Å². The number of nitro groups is 1. The van der Waals surface area contributed by atoms with Crippen molar-refractivity contribution >= 4 is 11.5 Å². The molecule has 8 nitrogen and oxygen atoms in total. The van der Waals surface area contributed by atoms with E-state index in [4.69, 9.17) is 4.74 Å². The molecule has 1 fully saturated rings. The molecule has 2 rings (SSSR count). The highest BCUT2D eigenvalue weighted by molar-refractivity contribution is 5.63. The van der Waals surface area contributed by atoms with Crippen LogP contribution in [0.25, 0.3) is 0 Å². The first-order valence-electron chi connectivity index (χ1n) is 6.07. The summed E-state index contributed by atoms with van der Waals surface area (Å²) in [7, 11) is 1.36. The summed E-state index contributed by atoms with van der Waals surface area (Å²) in [5, 5.41) is 14.6. The van der Waals surface area contributed by atoms with Crippen molar-refractivity contribution in [3.8, 4) is 5.88 Å². The Balaban J connectivity index is 2.41. The van der Waals surface area contributed by atoms with Crippen LogP contribution in [-0.4, -0.2) is 47.2 Å². The Hall–Kier alpha value is -1.96. The van der Waals surface area contributed by atoms with Gasteiger partial charge in [-0.15, -0.1) is 0 Å². The average molecular weight is 267 g/mol. The highest BCUT2D eigenvalue weighted by Gasteiger charge is 2.31. The van der Waals surface area contributed by atoms with E-state index in [9.17, 15) is 10.1 Å². The summed E-state index contributed by atoms with van der Waals surface area (Å²) in [5.74, 6) is 0.311. The van der Waals surface area contributed by atoms with Crippen LogP contribution in [0, 0.1) is 10.1 Å². The molecule has 0 saturated carbocycles. The highest BCUT2D eigenvalue weighted by Crippen LogP contribution is 2.33. The third-order valence-electron chi connectivity index (χ3n) is 3.00. The fraction of sp³-hybridized carbons (Fsp3) is 0.636. The number of nitrogens with one attached hydrogen (secondary N) is 1. The van der Waals surface area contributed by atoms with Crippen LogP contribution in [0.3, 0.4) is 0 Å². The van der Waals surface area contributed by atoms with E-state index < -0.39 is 4.92 Å². The molecule has 0 radical (unpaired) electrons. The maximum atomic E-state index is 11.2. The van der Waals surface area contributed by atoms with Gasteiger partial charge in [-0.25, -0.2) is 4.98 Å². The third kappa shape index (κ3) is 2.73. The van der Waals surface area contributed by atoms with Crippen molar-refractivity contribution in [3.05, 3.63) is 16.4 Å². The monoisotopic (exact) mass is 267 g/mol. The van der Waals surface area contributed by atoms with Gasteiger partial charge in [-0.1, -0.05) is 0 Å². The van der Waals surface area contributed by atoms with Crippen molar-refractivity contribution in [2.45, 2.75) is 25.9 Å². The molecule has 19 heavy (non-hydrogen) atoms. The predicted molar refractivity (Wildman–Crippen MR) is 69.5 cm³/mol. The maximum Gasteiger partial charge on any atom is 0.372 e. The SMILES string of the molecule is COc1ncnc(N2CC(C)NC(C)C2)c1[N+](=O)[O-]. The molecular weight excluding hydrogens is 250 g/mol. The molecule has 0 aromatic carbocycles. The Labute approximate surface area is 110 Å². The number of aromatic nitrogens is 2. The molecule has 1 N–H and O–H groups in total. The molecule has 0 amide bonds. The molecular formula is C11H17N5O3. The third-order valence-corrected chi connectivity index (χ3v) is 3.00. The minimum Gasteiger partial charge on any atom is -0.476 e. The second-order valence-corrected chi connectivity index (χ2v) is 4.69. The van der Waals surface area contributed by atoms with Gasteiger partial charge < -0.3 is 15.0 Å². The molecule has 1 aliphatic rings. The van der Waals surface area contributed by atoms with Gasteiger partial charge in [0.05, 0.1) is 12.0 Å². The summed E-state index contributed by atoms with van der Waals surface area (Å²) >= 11 is 0. The van der Waals surface area contributed by atoms with E-state index in [0.717, 1.165) is 0 Å². The maximum absolute atomic E-state index is 11.2. The van der Waals surface area contributed by atoms with Gasteiger partial charge in [0, 0.05) is 25.2 Å². The first-order chi connectivity index (χ1) is 9.02. The number of hydrogen-bond donors (Lipinski definition) is 1. The fourth-order valence-corrected chi connectivity index (χ4v) is 2.39. The topological polar surface area (TPSA) is 93.4 Å². The highest BCUT2D eigenvalue weighted by atomic mass is 16.6. The first-order valence-corrected chi connectivity index (χ1v) is 6.07. The Bertz CT molecular complexity index is 471. The molecule has 1 aliphatic heterocycles. The number of piperazine rings is 1. The van der Waals surface area contributed by atoms with Crippen molar-refractivity contribution < 1.29 is 9.66 Å². The molecule has 1 aromatic heterocycles. The van der Waals surface area contributed by atoms with E-state index in [1.807, 2.05) is 18.7 Å². The minimum absolute atomic E-state index is 0.00570. The number of rotatable bonds is 3. The molecule has 8 heteroatoms. The normalized spacial score (nSPS) is 23.2. The largest absolute Gasteiger partial charge is 0.476 e. The lowest BCUT2D eigenvalue weighted by molar-refractivity contribution is -0.385. The van der Waals surface area contributed by atoms with Crippen molar-refractivity contribution in [2.24, 2.45) is 0 Å². The van der Waals surface area contributed by atoms with Crippen LogP contribution in [-0.2, 0) is 0 Å². The van der Waals surface area contributed by atoms with Crippen molar-refractivity contribution in [3.63, 3.8) is 0 Å². The number of ether oxygens (including phenoxy) is 1. The van der Waals surface area contributed by atoms with Gasteiger partial charge in [0.25, 0.3) is 5.88 Å². The van der Waals surface area contributed by atoms with Crippen LogP contribution in [0.5, 0.6) is 5.88 Å². The van der Waals surface area contributed by atoms with Gasteiger partial charge in [0.2, 0.25) is 5.82 Å². The van der Waals surface area contributed by atoms with Crippen molar-refractivity contribution in [1.82, 2.24) is 15.3 Å². The second kappa shape index (κ2) is 5.35. The van der Waals surface area contributed by atoms with E-state index in [1.54, 1.807) is 0 Å². The number of methoxy groups -OCH3 is 1. The summed E-state index contributed by atoms with van der Waals surface area (Å²) in [6, 6.07) is 0.480.